The van der Waals surface area contributed by atoms with E-state index >= 15 is 0 Å². The van der Waals surface area contributed by atoms with E-state index in [1.165, 1.54) is 0 Å². The van der Waals surface area contributed by atoms with Gasteiger partial charge in [-0.1, -0.05) is 39.0 Å². The lowest BCUT2D eigenvalue weighted by Crippen LogP contribution is -2.16. The molecule has 1 aromatic heterocycles. The lowest BCUT2D eigenvalue weighted by molar-refractivity contribution is 0.0691. The third kappa shape index (κ3) is 2.30. The molecule has 0 unspecified atom stereocenters. The first-order valence-corrected chi connectivity index (χ1v) is 5.57. The summed E-state index contributed by atoms with van der Waals surface area (Å²) in [6.07, 6.45) is 0. The van der Waals surface area contributed by atoms with E-state index in [9.17, 15) is 4.79 Å². The van der Waals surface area contributed by atoms with Gasteiger partial charge in [-0.3, -0.25) is 4.68 Å². The highest BCUT2D eigenvalue weighted by molar-refractivity contribution is 6.01. The van der Waals surface area contributed by atoms with Gasteiger partial charge in [-0.25, -0.2) is 4.79 Å². The minimum atomic E-state index is -0.978. The van der Waals surface area contributed by atoms with Crippen LogP contribution in [-0.4, -0.2) is 20.9 Å². The van der Waals surface area contributed by atoms with Crippen molar-refractivity contribution in [3.63, 3.8) is 0 Å². The lowest BCUT2D eigenvalue weighted by atomic mass is 9.97. The number of para-hydroxylation sites is 1. The van der Waals surface area contributed by atoms with Crippen molar-refractivity contribution in [1.29, 1.82) is 0 Å². The largest absolute Gasteiger partial charge is 0.476 e. The summed E-state index contributed by atoms with van der Waals surface area (Å²) in [5.41, 5.74) is 1.06. The smallest absolute Gasteiger partial charge is 0.357 e. The Kier molecular flexibility index (Phi) is 2.65. The summed E-state index contributed by atoms with van der Waals surface area (Å²) in [6.45, 7) is 7.00. The van der Waals surface area contributed by atoms with Gasteiger partial charge < -0.3 is 5.11 Å². The van der Waals surface area contributed by atoms with Gasteiger partial charge in [0.05, 0.1) is 5.52 Å². The quantitative estimate of drug-likeness (QED) is 0.866. The summed E-state index contributed by atoms with van der Waals surface area (Å²) in [7, 11) is 0. The number of rotatable bonds is 2. The molecule has 0 aliphatic carbocycles. The number of carbonyl (C=O) groups is 1. The maximum atomic E-state index is 11.1. The molecule has 17 heavy (non-hydrogen) atoms. The van der Waals surface area contributed by atoms with Crippen molar-refractivity contribution in [1.82, 2.24) is 9.78 Å². The molecule has 1 heterocycles. The zero-order valence-corrected chi connectivity index (χ0v) is 10.3. The highest BCUT2D eigenvalue weighted by Crippen LogP contribution is 2.23. The fourth-order valence-corrected chi connectivity index (χ4v) is 1.86. The molecule has 0 spiro atoms. The minimum absolute atomic E-state index is 0.0601. The zero-order valence-electron chi connectivity index (χ0n) is 10.3. The molecule has 0 saturated heterocycles. The van der Waals surface area contributed by atoms with Crippen molar-refractivity contribution in [2.24, 2.45) is 5.41 Å². The van der Waals surface area contributed by atoms with Crippen LogP contribution in [0.2, 0.25) is 0 Å². The van der Waals surface area contributed by atoms with E-state index < -0.39 is 5.97 Å². The Morgan fingerprint density at radius 3 is 2.59 bits per heavy atom. The Balaban J connectivity index is 2.61. The molecule has 1 N–H and O–H groups in total. The van der Waals surface area contributed by atoms with Crippen LogP contribution in [0.5, 0.6) is 0 Å². The van der Waals surface area contributed by atoms with E-state index in [0.717, 1.165) is 5.52 Å². The summed E-state index contributed by atoms with van der Waals surface area (Å²) in [4.78, 5) is 11.1. The average molecular weight is 232 g/mol. The Bertz CT molecular complexity index is 564. The van der Waals surface area contributed by atoms with Crippen molar-refractivity contribution in [2.45, 2.75) is 27.3 Å². The summed E-state index contributed by atoms with van der Waals surface area (Å²) in [6, 6.07) is 7.43. The molecule has 0 aliphatic rings. The average Bonchev–Trinajstić information content (AvgIpc) is 2.55. The van der Waals surface area contributed by atoms with Crippen LogP contribution in [0.15, 0.2) is 24.3 Å². The van der Waals surface area contributed by atoms with Crippen LogP contribution < -0.4 is 0 Å². The van der Waals surface area contributed by atoms with Crippen molar-refractivity contribution >= 4 is 16.9 Å². The van der Waals surface area contributed by atoms with Gasteiger partial charge in [0.15, 0.2) is 5.69 Å². The zero-order chi connectivity index (χ0) is 12.6. The number of fused-ring (bicyclic) bond motifs is 1. The van der Waals surface area contributed by atoms with Crippen molar-refractivity contribution in [3.05, 3.63) is 30.0 Å². The molecule has 0 aliphatic heterocycles. The van der Waals surface area contributed by atoms with Crippen molar-refractivity contribution in [3.8, 4) is 0 Å². The van der Waals surface area contributed by atoms with Crippen molar-refractivity contribution < 1.29 is 9.90 Å². The van der Waals surface area contributed by atoms with Gasteiger partial charge in [0.2, 0.25) is 0 Å². The van der Waals surface area contributed by atoms with Gasteiger partial charge in [-0.15, -0.1) is 0 Å². The third-order valence-electron chi connectivity index (χ3n) is 2.48. The highest BCUT2D eigenvalue weighted by Gasteiger charge is 2.19. The SMILES string of the molecule is CC(C)(C)Cn1nc(C(=O)O)c2ccccc21. The number of hydrogen-bond acceptors (Lipinski definition) is 2. The van der Waals surface area contributed by atoms with E-state index in [-0.39, 0.29) is 11.1 Å². The summed E-state index contributed by atoms with van der Waals surface area (Å²) >= 11 is 0. The van der Waals surface area contributed by atoms with Crippen LogP contribution in [0.3, 0.4) is 0 Å². The van der Waals surface area contributed by atoms with Gasteiger partial charge >= 0.3 is 5.97 Å². The monoisotopic (exact) mass is 232 g/mol. The van der Waals surface area contributed by atoms with Gasteiger partial charge in [0, 0.05) is 11.9 Å². The second-order valence-corrected chi connectivity index (χ2v) is 5.39. The molecule has 0 amide bonds. The molecule has 0 saturated carbocycles. The topological polar surface area (TPSA) is 55.1 Å². The maximum Gasteiger partial charge on any atom is 0.357 e. The Hall–Kier alpha value is -1.84. The molecule has 0 bridgehead atoms. The van der Waals surface area contributed by atoms with Gasteiger partial charge in [0.1, 0.15) is 0 Å². The van der Waals surface area contributed by atoms with Crippen molar-refractivity contribution in [2.75, 3.05) is 0 Å². The van der Waals surface area contributed by atoms with Crippen LogP contribution in [0.1, 0.15) is 31.3 Å². The fourth-order valence-electron chi connectivity index (χ4n) is 1.86. The van der Waals surface area contributed by atoms with E-state index in [4.69, 9.17) is 5.11 Å². The molecule has 1 aromatic carbocycles. The first kappa shape index (κ1) is 11.6. The van der Waals surface area contributed by atoms with E-state index in [1.54, 1.807) is 10.7 Å². The molecular formula is C13H16N2O2. The number of nitrogens with zero attached hydrogens (tertiary/aromatic N) is 2. The lowest BCUT2D eigenvalue weighted by Gasteiger charge is -2.18. The Labute approximate surface area is 99.9 Å². The summed E-state index contributed by atoms with van der Waals surface area (Å²) in [5.74, 6) is -0.978. The molecule has 2 aromatic rings. The molecular weight excluding hydrogens is 216 g/mol. The Morgan fingerprint density at radius 2 is 2.00 bits per heavy atom. The normalized spacial score (nSPS) is 11.9. The van der Waals surface area contributed by atoms with E-state index in [1.807, 2.05) is 18.2 Å². The molecule has 4 nitrogen and oxygen atoms in total. The summed E-state index contributed by atoms with van der Waals surface area (Å²) < 4.78 is 1.78. The number of aromatic carboxylic acids is 1. The molecule has 0 fully saturated rings. The molecule has 2 rings (SSSR count). The molecule has 90 valence electrons. The summed E-state index contributed by atoms with van der Waals surface area (Å²) in [5, 5.41) is 14.0. The second kappa shape index (κ2) is 3.87. The first-order valence-electron chi connectivity index (χ1n) is 5.57. The fraction of sp³-hybridized carbons (Fsp3) is 0.385. The maximum absolute atomic E-state index is 11.1. The highest BCUT2D eigenvalue weighted by atomic mass is 16.4. The van der Waals surface area contributed by atoms with E-state index in [0.29, 0.717) is 11.9 Å². The number of carboxylic acid groups (broad SMARTS) is 1. The predicted molar refractivity (Wildman–Crippen MR) is 66.1 cm³/mol. The molecule has 0 radical (unpaired) electrons. The van der Waals surface area contributed by atoms with Crippen LogP contribution >= 0.6 is 0 Å². The second-order valence-electron chi connectivity index (χ2n) is 5.39. The van der Waals surface area contributed by atoms with Crippen LogP contribution in [0, 0.1) is 5.41 Å². The molecule has 0 atom stereocenters. The third-order valence-corrected chi connectivity index (χ3v) is 2.48. The number of hydrogen-bond donors (Lipinski definition) is 1. The predicted octanol–water partition coefficient (Wildman–Crippen LogP) is 2.78. The van der Waals surface area contributed by atoms with Crippen LogP contribution in [0.4, 0.5) is 0 Å². The first-order chi connectivity index (χ1) is 7.88. The van der Waals surface area contributed by atoms with Gasteiger partial charge in [0.25, 0.3) is 0 Å². The minimum Gasteiger partial charge on any atom is -0.476 e. The Morgan fingerprint density at radius 1 is 1.35 bits per heavy atom. The standard InChI is InChI=1S/C13H16N2O2/c1-13(2,3)8-15-10-7-5-4-6-9(10)11(14-15)12(16)17/h4-7H,8H2,1-3H3,(H,16,17). The molecule has 4 heteroatoms. The number of carboxylic acids is 1. The van der Waals surface area contributed by atoms with Crippen LogP contribution in [-0.2, 0) is 6.54 Å². The van der Waals surface area contributed by atoms with Gasteiger partial charge in [-0.2, -0.15) is 5.10 Å². The number of aromatic nitrogens is 2. The van der Waals surface area contributed by atoms with Crippen LogP contribution in [0.25, 0.3) is 10.9 Å². The van der Waals surface area contributed by atoms with Gasteiger partial charge in [-0.05, 0) is 11.5 Å². The van der Waals surface area contributed by atoms with E-state index in [2.05, 4.69) is 25.9 Å². The number of benzene rings is 1.